The second-order valence-corrected chi connectivity index (χ2v) is 17.1. The van der Waals surface area contributed by atoms with E-state index in [1.54, 1.807) is 219 Å². The van der Waals surface area contributed by atoms with Crippen molar-refractivity contribution < 1.29 is 76.2 Å². The van der Waals surface area contributed by atoms with Crippen molar-refractivity contribution in [1.82, 2.24) is 0 Å². The van der Waals surface area contributed by atoms with E-state index in [-0.39, 0.29) is 29.9 Å². The van der Waals surface area contributed by atoms with Gasteiger partial charge in [-0.25, -0.2) is 33.6 Å². The molecule has 7 aromatic carbocycles. The number of rotatable bonds is 16. The van der Waals surface area contributed by atoms with E-state index in [0.29, 0.717) is 22.3 Å². The van der Waals surface area contributed by atoms with E-state index in [1.807, 2.05) is 0 Å². The molecule has 1 unspecified atom stereocenters. The number of ether oxygens (including phenoxy) is 9. The highest BCUT2D eigenvalue weighted by Crippen LogP contribution is 2.32. The molecule has 7 aromatic rings. The van der Waals surface area contributed by atoms with Crippen molar-refractivity contribution in [1.29, 1.82) is 0 Å². The molecule has 0 aromatic heterocycles. The Labute approximate surface area is 436 Å². The lowest BCUT2D eigenvalue weighted by atomic mass is 10.1. The fourth-order valence-electron chi connectivity index (χ4n) is 7.98. The van der Waals surface area contributed by atoms with Crippen LogP contribution in [0.4, 0.5) is 0 Å². The van der Waals surface area contributed by atoms with Crippen LogP contribution in [-0.2, 0) is 42.6 Å². The van der Waals surface area contributed by atoms with Crippen LogP contribution in [0.15, 0.2) is 212 Å². The SMILES string of the molecule is C[C@H]1O[C@@H](COC(=O)c2ccccc2)[C@H](OC(=O)c2ccccc2)[C@@H]1OC(=O)c1ccccc1.O=C(OC[C@@H]1OC(OC(=O)c2ccccc2)[C@@H](OC(=O)c2ccccc2)[C@H]1OC(=O)c1ccccc1)c1ccccc1. The summed E-state index contributed by atoms with van der Waals surface area (Å²) >= 11 is 0. The maximum atomic E-state index is 13.1. The van der Waals surface area contributed by atoms with Crippen LogP contribution < -0.4 is 0 Å². The molecule has 0 N–H and O–H groups in total. The van der Waals surface area contributed by atoms with Crippen LogP contribution in [0.5, 0.6) is 0 Å². The predicted molar refractivity (Wildman–Crippen MR) is 271 cm³/mol. The van der Waals surface area contributed by atoms with Crippen molar-refractivity contribution in [3.8, 4) is 0 Å². The van der Waals surface area contributed by atoms with Crippen LogP contribution >= 0.6 is 0 Å². The summed E-state index contributed by atoms with van der Waals surface area (Å²) in [5.74, 6) is -4.58. The third-order valence-corrected chi connectivity index (χ3v) is 11.8. The molecule has 2 fully saturated rings. The van der Waals surface area contributed by atoms with Gasteiger partial charge in [0, 0.05) is 0 Å². The molecule has 386 valence electrons. The van der Waals surface area contributed by atoms with E-state index in [2.05, 4.69) is 0 Å². The van der Waals surface area contributed by atoms with Gasteiger partial charge in [0.2, 0.25) is 12.4 Å². The van der Waals surface area contributed by atoms with Gasteiger partial charge in [-0.2, -0.15) is 0 Å². The quantitative estimate of drug-likeness (QED) is 0.0655. The average Bonchev–Trinajstić information content (AvgIpc) is 3.95. The summed E-state index contributed by atoms with van der Waals surface area (Å²) in [6.45, 7) is 1.15. The van der Waals surface area contributed by atoms with E-state index in [0.717, 1.165) is 0 Å². The number of carbonyl (C=O) groups is 7. The number of benzene rings is 7. The minimum Gasteiger partial charge on any atom is -0.459 e. The average molecular weight is 1030 g/mol. The summed E-state index contributed by atoms with van der Waals surface area (Å²) in [6, 6.07) is 58.3. The van der Waals surface area contributed by atoms with Crippen LogP contribution in [0.25, 0.3) is 0 Å². The monoisotopic (exact) mass is 1030 g/mol. The van der Waals surface area contributed by atoms with Crippen LogP contribution in [0.1, 0.15) is 79.4 Å². The Balaban J connectivity index is 0.000000206. The Hall–Kier alpha value is -9.25. The Morgan fingerprint density at radius 2 is 0.539 bits per heavy atom. The Kier molecular flexibility index (Phi) is 18.2. The highest BCUT2D eigenvalue weighted by Gasteiger charge is 2.53. The van der Waals surface area contributed by atoms with Crippen molar-refractivity contribution in [3.05, 3.63) is 251 Å². The van der Waals surface area contributed by atoms with Gasteiger partial charge in [0.1, 0.15) is 25.4 Å². The summed E-state index contributed by atoms with van der Waals surface area (Å²) in [7, 11) is 0. The molecule has 0 amide bonds. The molecule has 0 spiro atoms. The lowest BCUT2D eigenvalue weighted by Gasteiger charge is -2.24. The highest BCUT2D eigenvalue weighted by molar-refractivity contribution is 5.93. The maximum absolute atomic E-state index is 13.1. The molecule has 0 aliphatic carbocycles. The minimum absolute atomic E-state index is 0.176. The van der Waals surface area contributed by atoms with Gasteiger partial charge in [0.15, 0.2) is 18.3 Å². The summed E-state index contributed by atoms with van der Waals surface area (Å²) in [5.41, 5.74) is 2.07. The van der Waals surface area contributed by atoms with Crippen molar-refractivity contribution in [2.75, 3.05) is 13.2 Å². The van der Waals surface area contributed by atoms with Gasteiger partial charge in [-0.3, -0.25) is 0 Å². The topological polar surface area (TPSA) is 203 Å². The van der Waals surface area contributed by atoms with Gasteiger partial charge in [0.05, 0.1) is 45.0 Å². The van der Waals surface area contributed by atoms with Crippen molar-refractivity contribution in [2.24, 2.45) is 0 Å². The molecule has 16 heteroatoms. The summed E-state index contributed by atoms with van der Waals surface area (Å²) < 4.78 is 51.4. The first kappa shape index (κ1) is 53.1. The Morgan fingerprint density at radius 3 is 0.855 bits per heavy atom. The zero-order valence-corrected chi connectivity index (χ0v) is 40.8. The first-order chi connectivity index (χ1) is 37.0. The summed E-state index contributed by atoms with van der Waals surface area (Å²) in [6.07, 6.45) is -8.60. The molecule has 2 heterocycles. The van der Waals surface area contributed by atoms with Crippen LogP contribution in [0.2, 0.25) is 0 Å². The molecule has 2 aliphatic rings. The second kappa shape index (κ2) is 26.1. The lowest BCUT2D eigenvalue weighted by molar-refractivity contribution is -0.141. The first-order valence-corrected chi connectivity index (χ1v) is 24.1. The number of hydrogen-bond donors (Lipinski definition) is 0. The standard InChI is InChI=1S/C33H26O9.C27H24O7/c34-29(22-13-5-1-6-14-22)38-21-26-27(40-30(35)23-15-7-2-8-16-23)28(41-31(36)24-17-9-3-10-18-24)33(39-26)42-32(37)25-19-11-4-12-20-25;1-18-23(33-26(29)20-13-7-3-8-14-20)24(34-27(30)21-15-9-4-10-16-21)22(32-18)17-31-25(28)19-11-5-2-6-12-19/h1-20,26-28,33H,21H2;2-16,18,22-24H,17H2,1H3/t26-,27-,28-,33?;18-,22+,23-,24+/m01/s1. The second-order valence-electron chi connectivity index (χ2n) is 17.1. The summed E-state index contributed by atoms with van der Waals surface area (Å²) in [5, 5.41) is 0. The Bertz CT molecular complexity index is 3040. The normalized spacial score (nSPS) is 20.3. The molecule has 0 bridgehead atoms. The largest absolute Gasteiger partial charge is 0.459 e. The van der Waals surface area contributed by atoms with E-state index in [1.165, 1.54) is 0 Å². The first-order valence-electron chi connectivity index (χ1n) is 24.1. The molecule has 0 radical (unpaired) electrons. The van der Waals surface area contributed by atoms with Gasteiger partial charge in [-0.05, 0) is 91.9 Å². The molecule has 9 rings (SSSR count). The van der Waals surface area contributed by atoms with Gasteiger partial charge < -0.3 is 42.6 Å². The predicted octanol–water partition coefficient (Wildman–Crippen LogP) is 8.96. The van der Waals surface area contributed by atoms with E-state index in [9.17, 15) is 33.6 Å². The van der Waals surface area contributed by atoms with Gasteiger partial charge >= 0.3 is 41.8 Å². The van der Waals surface area contributed by atoms with E-state index < -0.39 is 90.8 Å². The van der Waals surface area contributed by atoms with E-state index >= 15 is 0 Å². The molecule has 8 atom stereocenters. The molecule has 2 saturated heterocycles. The number of hydrogen-bond acceptors (Lipinski definition) is 16. The molecule has 2 aliphatic heterocycles. The smallest absolute Gasteiger partial charge is 0.340 e. The fourth-order valence-corrected chi connectivity index (χ4v) is 7.98. The van der Waals surface area contributed by atoms with Crippen LogP contribution in [0.3, 0.4) is 0 Å². The third-order valence-electron chi connectivity index (χ3n) is 11.8. The molecular formula is C60H50O16. The number of carbonyl (C=O) groups excluding carboxylic acids is 7. The molecule has 76 heavy (non-hydrogen) atoms. The zero-order chi connectivity index (χ0) is 53.2. The van der Waals surface area contributed by atoms with Crippen LogP contribution in [-0.4, -0.2) is 104 Å². The fraction of sp³-hybridized carbons (Fsp3) is 0.183. The third kappa shape index (κ3) is 14.1. The van der Waals surface area contributed by atoms with E-state index in [4.69, 9.17) is 42.6 Å². The van der Waals surface area contributed by atoms with Gasteiger partial charge in [0.25, 0.3) is 0 Å². The van der Waals surface area contributed by atoms with Crippen LogP contribution in [0, 0.1) is 0 Å². The minimum atomic E-state index is -1.49. The van der Waals surface area contributed by atoms with Crippen molar-refractivity contribution in [2.45, 2.75) is 55.9 Å². The molecule has 16 nitrogen and oxygen atoms in total. The maximum Gasteiger partial charge on any atom is 0.340 e. The van der Waals surface area contributed by atoms with Gasteiger partial charge in [-0.1, -0.05) is 127 Å². The number of esters is 7. The zero-order valence-electron chi connectivity index (χ0n) is 40.8. The Morgan fingerprint density at radius 1 is 0.303 bits per heavy atom. The van der Waals surface area contributed by atoms with Gasteiger partial charge in [-0.15, -0.1) is 0 Å². The highest BCUT2D eigenvalue weighted by atomic mass is 16.8. The van der Waals surface area contributed by atoms with Crippen molar-refractivity contribution >= 4 is 41.8 Å². The van der Waals surface area contributed by atoms with Crippen molar-refractivity contribution in [3.63, 3.8) is 0 Å². The molecule has 0 saturated carbocycles. The summed E-state index contributed by atoms with van der Waals surface area (Å²) in [4.78, 5) is 89.8. The lowest BCUT2D eigenvalue weighted by Crippen LogP contribution is -2.42. The molecular weight excluding hydrogens is 977 g/mol.